The third-order valence-corrected chi connectivity index (χ3v) is 4.05. The standard InChI is InChI=1S/C16H12Cl2N6O/c1-9(15-22-21-13-4-2-3-5-24(13)15)19-16-20-14(23-25-16)10-6-11(17)8-12(18)7-10/h2-9H,1H3,(H,19,20,23). The van der Waals surface area contributed by atoms with Crippen LogP contribution in [0.3, 0.4) is 0 Å². The molecule has 9 heteroatoms. The number of nitrogens with one attached hydrogen (secondary N) is 1. The van der Waals surface area contributed by atoms with Crippen LogP contribution in [0.1, 0.15) is 18.8 Å². The van der Waals surface area contributed by atoms with Crippen molar-refractivity contribution in [1.82, 2.24) is 24.7 Å². The van der Waals surface area contributed by atoms with Crippen LogP contribution in [-0.4, -0.2) is 24.7 Å². The van der Waals surface area contributed by atoms with Crippen molar-refractivity contribution in [3.63, 3.8) is 0 Å². The van der Waals surface area contributed by atoms with E-state index in [1.165, 1.54) is 0 Å². The Morgan fingerprint density at radius 1 is 1.12 bits per heavy atom. The second-order valence-electron chi connectivity index (χ2n) is 5.43. The Morgan fingerprint density at radius 3 is 2.72 bits per heavy atom. The van der Waals surface area contributed by atoms with Crippen LogP contribution < -0.4 is 5.32 Å². The Morgan fingerprint density at radius 2 is 1.92 bits per heavy atom. The average Bonchev–Trinajstić information content (AvgIpc) is 3.20. The van der Waals surface area contributed by atoms with E-state index in [4.69, 9.17) is 27.7 Å². The zero-order valence-corrected chi connectivity index (χ0v) is 14.5. The highest BCUT2D eigenvalue weighted by atomic mass is 35.5. The summed E-state index contributed by atoms with van der Waals surface area (Å²) in [6.45, 7) is 1.93. The van der Waals surface area contributed by atoms with Gasteiger partial charge in [-0.3, -0.25) is 4.40 Å². The van der Waals surface area contributed by atoms with E-state index in [-0.39, 0.29) is 12.1 Å². The third-order valence-electron chi connectivity index (χ3n) is 3.61. The van der Waals surface area contributed by atoms with Crippen molar-refractivity contribution in [3.8, 4) is 11.4 Å². The molecule has 7 nitrogen and oxygen atoms in total. The van der Waals surface area contributed by atoms with Gasteiger partial charge in [0.2, 0.25) is 5.82 Å². The second-order valence-corrected chi connectivity index (χ2v) is 6.31. The van der Waals surface area contributed by atoms with Gasteiger partial charge in [0.15, 0.2) is 11.5 Å². The van der Waals surface area contributed by atoms with Crippen molar-refractivity contribution in [3.05, 3.63) is 58.5 Å². The molecule has 0 amide bonds. The molecule has 0 saturated heterocycles. The maximum absolute atomic E-state index is 6.01. The average molecular weight is 375 g/mol. The first-order chi connectivity index (χ1) is 12.1. The zero-order chi connectivity index (χ0) is 17.4. The van der Waals surface area contributed by atoms with Gasteiger partial charge in [0.05, 0.1) is 6.04 Å². The van der Waals surface area contributed by atoms with Crippen LogP contribution in [0.25, 0.3) is 17.0 Å². The van der Waals surface area contributed by atoms with Gasteiger partial charge in [-0.15, -0.1) is 10.2 Å². The minimum Gasteiger partial charge on any atom is -0.328 e. The highest BCUT2D eigenvalue weighted by Gasteiger charge is 2.17. The van der Waals surface area contributed by atoms with Gasteiger partial charge in [-0.05, 0) is 37.3 Å². The molecular weight excluding hydrogens is 363 g/mol. The molecule has 3 heterocycles. The fourth-order valence-corrected chi connectivity index (χ4v) is 3.01. The number of benzene rings is 1. The summed E-state index contributed by atoms with van der Waals surface area (Å²) in [6, 6.07) is 10.9. The number of pyridine rings is 1. The lowest BCUT2D eigenvalue weighted by molar-refractivity contribution is 0.428. The van der Waals surface area contributed by atoms with E-state index in [9.17, 15) is 0 Å². The summed E-state index contributed by atoms with van der Waals surface area (Å²) in [7, 11) is 0. The number of hydrogen-bond acceptors (Lipinski definition) is 6. The van der Waals surface area contributed by atoms with E-state index < -0.39 is 0 Å². The molecule has 1 atom stereocenters. The molecule has 3 aromatic heterocycles. The van der Waals surface area contributed by atoms with E-state index in [2.05, 4.69) is 25.7 Å². The van der Waals surface area contributed by atoms with Crippen molar-refractivity contribution in [2.75, 3.05) is 5.32 Å². The minimum atomic E-state index is -0.186. The molecule has 0 fully saturated rings. The van der Waals surface area contributed by atoms with Crippen LogP contribution in [0.4, 0.5) is 6.01 Å². The monoisotopic (exact) mass is 374 g/mol. The van der Waals surface area contributed by atoms with Crippen LogP contribution in [0.2, 0.25) is 10.0 Å². The van der Waals surface area contributed by atoms with Gasteiger partial charge in [0, 0.05) is 21.8 Å². The lowest BCUT2D eigenvalue weighted by Crippen LogP contribution is -2.10. The predicted octanol–water partition coefficient (Wildman–Crippen LogP) is 4.26. The van der Waals surface area contributed by atoms with Gasteiger partial charge in [0.1, 0.15) is 0 Å². The Hall–Kier alpha value is -2.64. The molecule has 4 rings (SSSR count). The topological polar surface area (TPSA) is 81.1 Å². The fourth-order valence-electron chi connectivity index (χ4n) is 2.49. The molecule has 0 aliphatic heterocycles. The molecule has 0 aliphatic carbocycles. The fraction of sp³-hybridized carbons (Fsp3) is 0.125. The molecule has 126 valence electrons. The zero-order valence-electron chi connectivity index (χ0n) is 13.0. The maximum atomic E-state index is 6.01. The summed E-state index contributed by atoms with van der Waals surface area (Å²) >= 11 is 12.0. The summed E-state index contributed by atoms with van der Waals surface area (Å²) < 4.78 is 7.16. The molecule has 0 radical (unpaired) electrons. The molecule has 1 N–H and O–H groups in total. The van der Waals surface area contributed by atoms with Crippen LogP contribution >= 0.6 is 23.2 Å². The van der Waals surface area contributed by atoms with Crippen LogP contribution in [0.5, 0.6) is 0 Å². The van der Waals surface area contributed by atoms with Gasteiger partial charge in [-0.2, -0.15) is 4.98 Å². The Kier molecular flexibility index (Phi) is 4.03. The number of aromatic nitrogens is 5. The summed E-state index contributed by atoms with van der Waals surface area (Å²) in [5, 5.41) is 16.4. The van der Waals surface area contributed by atoms with Crippen molar-refractivity contribution in [2.45, 2.75) is 13.0 Å². The number of hydrogen-bond donors (Lipinski definition) is 1. The van der Waals surface area contributed by atoms with E-state index in [1.807, 2.05) is 35.7 Å². The summed E-state index contributed by atoms with van der Waals surface area (Å²) in [5.41, 5.74) is 1.45. The lowest BCUT2D eigenvalue weighted by Gasteiger charge is -2.09. The highest BCUT2D eigenvalue weighted by Crippen LogP contribution is 2.26. The molecule has 25 heavy (non-hydrogen) atoms. The summed E-state index contributed by atoms with van der Waals surface area (Å²) in [5.74, 6) is 1.13. The molecule has 0 bridgehead atoms. The third kappa shape index (κ3) is 3.16. The number of rotatable bonds is 4. The summed E-state index contributed by atoms with van der Waals surface area (Å²) in [6.07, 6.45) is 1.90. The quantitative estimate of drug-likeness (QED) is 0.574. The highest BCUT2D eigenvalue weighted by molar-refractivity contribution is 6.35. The molecular formula is C16H12Cl2N6O. The van der Waals surface area contributed by atoms with E-state index in [0.717, 1.165) is 11.5 Å². The van der Waals surface area contributed by atoms with E-state index >= 15 is 0 Å². The molecule has 0 spiro atoms. The maximum Gasteiger partial charge on any atom is 0.322 e. The molecule has 4 aromatic rings. The Balaban J connectivity index is 1.58. The van der Waals surface area contributed by atoms with E-state index in [0.29, 0.717) is 21.4 Å². The number of nitrogens with zero attached hydrogens (tertiary/aromatic N) is 5. The Labute approximate surface area is 152 Å². The predicted molar refractivity (Wildman–Crippen MR) is 94.8 cm³/mol. The molecule has 0 aliphatic rings. The van der Waals surface area contributed by atoms with Crippen LogP contribution in [-0.2, 0) is 0 Å². The first-order valence-electron chi connectivity index (χ1n) is 7.46. The lowest BCUT2D eigenvalue weighted by atomic mass is 10.2. The first-order valence-corrected chi connectivity index (χ1v) is 8.22. The number of halogens is 2. The molecule has 1 unspecified atom stereocenters. The second kappa shape index (κ2) is 6.34. The van der Waals surface area contributed by atoms with Gasteiger partial charge in [-0.1, -0.05) is 34.4 Å². The van der Waals surface area contributed by atoms with E-state index in [1.54, 1.807) is 18.2 Å². The molecule has 0 saturated carbocycles. The van der Waals surface area contributed by atoms with Crippen molar-refractivity contribution >= 4 is 34.9 Å². The van der Waals surface area contributed by atoms with Crippen LogP contribution in [0, 0.1) is 0 Å². The Bertz CT molecular complexity index is 1020. The SMILES string of the molecule is CC(Nc1nc(-c2cc(Cl)cc(Cl)c2)no1)c1nnc2ccccn12. The van der Waals surface area contributed by atoms with Gasteiger partial charge < -0.3 is 9.84 Å². The largest absolute Gasteiger partial charge is 0.328 e. The van der Waals surface area contributed by atoms with Crippen molar-refractivity contribution < 1.29 is 4.52 Å². The van der Waals surface area contributed by atoms with Crippen molar-refractivity contribution in [1.29, 1.82) is 0 Å². The minimum absolute atomic E-state index is 0.186. The van der Waals surface area contributed by atoms with Crippen LogP contribution in [0.15, 0.2) is 47.1 Å². The first kappa shape index (κ1) is 15.9. The van der Waals surface area contributed by atoms with Gasteiger partial charge >= 0.3 is 6.01 Å². The normalized spacial score (nSPS) is 12.4. The van der Waals surface area contributed by atoms with Crippen molar-refractivity contribution in [2.24, 2.45) is 0 Å². The molecule has 1 aromatic carbocycles. The summed E-state index contributed by atoms with van der Waals surface area (Å²) in [4.78, 5) is 4.33. The van der Waals surface area contributed by atoms with Gasteiger partial charge in [0.25, 0.3) is 0 Å². The number of anilines is 1. The van der Waals surface area contributed by atoms with Gasteiger partial charge in [-0.25, -0.2) is 0 Å². The smallest absolute Gasteiger partial charge is 0.322 e. The number of fused-ring (bicyclic) bond motifs is 1.